The molecule has 1 aliphatic heterocycles. The van der Waals surface area contributed by atoms with Crippen molar-refractivity contribution in [3.05, 3.63) is 35.9 Å². The van der Waals surface area contributed by atoms with Crippen LogP contribution in [0.25, 0.3) is 0 Å². The highest BCUT2D eigenvalue weighted by Crippen LogP contribution is 2.39. The van der Waals surface area contributed by atoms with E-state index in [0.717, 1.165) is 11.8 Å². The predicted molar refractivity (Wildman–Crippen MR) is 49.6 cm³/mol. The van der Waals surface area contributed by atoms with E-state index >= 15 is 0 Å². The van der Waals surface area contributed by atoms with E-state index in [4.69, 9.17) is 4.74 Å². The van der Waals surface area contributed by atoms with Crippen molar-refractivity contribution in [2.75, 3.05) is 6.61 Å². The van der Waals surface area contributed by atoms with E-state index in [2.05, 4.69) is 0 Å². The molecule has 2 atom stereocenters. The third-order valence-corrected chi connectivity index (χ3v) is 2.71. The summed E-state index contributed by atoms with van der Waals surface area (Å²) in [7, 11) is 0. The molecule has 1 heterocycles. The van der Waals surface area contributed by atoms with Gasteiger partial charge in [-0.1, -0.05) is 37.3 Å². The molecule has 1 aromatic carbocycles. The zero-order chi connectivity index (χ0) is 9.31. The predicted octanol–water partition coefficient (Wildman–Crippen LogP) is 1.76. The number of carbonyl (C=O) groups excluding carboxylic acids is 1. The number of epoxide rings is 1. The molecule has 1 fully saturated rings. The van der Waals surface area contributed by atoms with Gasteiger partial charge in [0.15, 0.2) is 11.9 Å². The fraction of sp³-hybridized carbons (Fsp3) is 0.364. The molecule has 0 saturated carbocycles. The topological polar surface area (TPSA) is 29.6 Å². The van der Waals surface area contributed by atoms with E-state index in [0.29, 0.717) is 6.61 Å². The summed E-state index contributed by atoms with van der Waals surface area (Å²) < 4.78 is 5.19. The molecule has 2 nitrogen and oxygen atoms in total. The second-order valence-electron chi connectivity index (χ2n) is 3.49. The second-order valence-corrected chi connectivity index (χ2v) is 3.49. The molecule has 0 N–H and O–H groups in total. The summed E-state index contributed by atoms with van der Waals surface area (Å²) in [5.41, 5.74) is 0.633. The third kappa shape index (κ3) is 1.38. The molecule has 0 unspecified atom stereocenters. The van der Waals surface area contributed by atoms with Crippen LogP contribution in [-0.4, -0.2) is 18.5 Å². The number of benzene rings is 1. The zero-order valence-electron chi connectivity index (χ0n) is 7.57. The van der Waals surface area contributed by atoms with E-state index in [9.17, 15) is 4.79 Å². The lowest BCUT2D eigenvalue weighted by Gasteiger charge is -2.14. The van der Waals surface area contributed by atoms with Gasteiger partial charge in [-0.25, -0.2) is 0 Å². The van der Waals surface area contributed by atoms with Crippen LogP contribution in [-0.2, 0) is 9.53 Å². The van der Waals surface area contributed by atoms with Crippen LogP contribution in [0.3, 0.4) is 0 Å². The van der Waals surface area contributed by atoms with Crippen LogP contribution in [0.1, 0.15) is 18.4 Å². The number of ether oxygens (including phenoxy) is 1. The lowest BCUT2D eigenvalue weighted by molar-refractivity contribution is -0.112. The normalized spacial score (nSPS) is 28.1. The first kappa shape index (κ1) is 8.45. The summed E-state index contributed by atoms with van der Waals surface area (Å²) in [5, 5.41) is 0. The minimum atomic E-state index is -0.526. The molecular formula is C11H12O2. The van der Waals surface area contributed by atoms with Gasteiger partial charge >= 0.3 is 0 Å². The quantitative estimate of drug-likeness (QED) is 0.518. The van der Waals surface area contributed by atoms with Gasteiger partial charge in [-0.05, 0) is 5.56 Å². The Labute approximate surface area is 77.5 Å². The Hall–Kier alpha value is -1.15. The molecule has 13 heavy (non-hydrogen) atoms. The smallest absolute Gasteiger partial charge is 0.154 e. The van der Waals surface area contributed by atoms with Gasteiger partial charge in [-0.2, -0.15) is 0 Å². The SMILES string of the molecule is C[C@@H](c1ccccc1)[C@]1(C=O)CO1. The average Bonchev–Trinajstić information content (AvgIpc) is 2.99. The number of hydrogen-bond donors (Lipinski definition) is 0. The fourth-order valence-electron chi connectivity index (χ4n) is 1.53. The van der Waals surface area contributed by atoms with Gasteiger partial charge in [0.1, 0.15) is 0 Å². The monoisotopic (exact) mass is 176 g/mol. The lowest BCUT2D eigenvalue weighted by Crippen LogP contribution is -2.21. The molecule has 0 amide bonds. The first-order valence-electron chi connectivity index (χ1n) is 4.44. The van der Waals surface area contributed by atoms with E-state index < -0.39 is 5.60 Å². The summed E-state index contributed by atoms with van der Waals surface area (Å²) in [6.45, 7) is 2.59. The minimum absolute atomic E-state index is 0.159. The Kier molecular flexibility index (Phi) is 1.93. The molecule has 0 spiro atoms. The number of aldehydes is 1. The molecule has 2 heteroatoms. The van der Waals surface area contributed by atoms with Crippen LogP contribution >= 0.6 is 0 Å². The highest BCUT2D eigenvalue weighted by atomic mass is 16.6. The summed E-state index contributed by atoms with van der Waals surface area (Å²) >= 11 is 0. The highest BCUT2D eigenvalue weighted by Gasteiger charge is 2.50. The van der Waals surface area contributed by atoms with Crippen molar-refractivity contribution >= 4 is 6.29 Å². The van der Waals surface area contributed by atoms with E-state index in [1.807, 2.05) is 37.3 Å². The van der Waals surface area contributed by atoms with Gasteiger partial charge in [-0.15, -0.1) is 0 Å². The maximum atomic E-state index is 10.8. The van der Waals surface area contributed by atoms with Crippen LogP contribution < -0.4 is 0 Å². The summed E-state index contributed by atoms with van der Waals surface area (Å²) in [5.74, 6) is 0.159. The Balaban J connectivity index is 2.23. The molecule has 1 saturated heterocycles. The van der Waals surface area contributed by atoms with E-state index in [-0.39, 0.29) is 5.92 Å². The summed E-state index contributed by atoms with van der Waals surface area (Å²) in [4.78, 5) is 10.8. The Morgan fingerprint density at radius 3 is 2.54 bits per heavy atom. The largest absolute Gasteiger partial charge is 0.361 e. The summed E-state index contributed by atoms with van der Waals surface area (Å²) in [6.07, 6.45) is 0.921. The van der Waals surface area contributed by atoms with Crippen LogP contribution in [0.15, 0.2) is 30.3 Å². The van der Waals surface area contributed by atoms with Crippen molar-refractivity contribution in [3.8, 4) is 0 Å². The van der Waals surface area contributed by atoms with Gasteiger partial charge in [0.25, 0.3) is 0 Å². The van der Waals surface area contributed by atoms with Crippen LogP contribution in [0.5, 0.6) is 0 Å². The van der Waals surface area contributed by atoms with E-state index in [1.165, 1.54) is 0 Å². The average molecular weight is 176 g/mol. The molecule has 0 radical (unpaired) electrons. The molecule has 0 aromatic heterocycles. The van der Waals surface area contributed by atoms with Crippen molar-refractivity contribution < 1.29 is 9.53 Å². The first-order valence-corrected chi connectivity index (χ1v) is 4.44. The highest BCUT2D eigenvalue weighted by molar-refractivity contribution is 5.68. The standard InChI is InChI=1S/C11H12O2/c1-9(11(7-12)8-13-11)10-5-3-2-4-6-10/h2-7,9H,8H2,1H3/t9-,11-/m0/s1. The zero-order valence-corrected chi connectivity index (χ0v) is 7.57. The van der Waals surface area contributed by atoms with Crippen molar-refractivity contribution in [2.24, 2.45) is 0 Å². The maximum absolute atomic E-state index is 10.8. The molecule has 1 aromatic rings. The van der Waals surface area contributed by atoms with Gasteiger partial charge in [0.05, 0.1) is 6.61 Å². The molecule has 0 aliphatic carbocycles. The fourth-order valence-corrected chi connectivity index (χ4v) is 1.53. The second kappa shape index (κ2) is 2.96. The van der Waals surface area contributed by atoms with Crippen molar-refractivity contribution in [2.45, 2.75) is 18.4 Å². The van der Waals surface area contributed by atoms with Gasteiger partial charge in [0.2, 0.25) is 0 Å². The Bertz CT molecular complexity index is 301. The van der Waals surface area contributed by atoms with Crippen molar-refractivity contribution in [1.29, 1.82) is 0 Å². The minimum Gasteiger partial charge on any atom is -0.361 e. The third-order valence-electron chi connectivity index (χ3n) is 2.71. The van der Waals surface area contributed by atoms with Crippen LogP contribution in [0, 0.1) is 0 Å². The van der Waals surface area contributed by atoms with Gasteiger partial charge in [-0.3, -0.25) is 0 Å². The number of rotatable bonds is 3. The van der Waals surface area contributed by atoms with Crippen LogP contribution in [0.4, 0.5) is 0 Å². The van der Waals surface area contributed by atoms with Gasteiger partial charge in [0, 0.05) is 5.92 Å². The maximum Gasteiger partial charge on any atom is 0.154 e. The number of hydrogen-bond acceptors (Lipinski definition) is 2. The van der Waals surface area contributed by atoms with E-state index in [1.54, 1.807) is 0 Å². The van der Waals surface area contributed by atoms with Crippen molar-refractivity contribution in [1.82, 2.24) is 0 Å². The van der Waals surface area contributed by atoms with Crippen LogP contribution in [0.2, 0.25) is 0 Å². The molecule has 0 bridgehead atoms. The number of carbonyl (C=O) groups is 1. The first-order chi connectivity index (χ1) is 6.28. The molecule has 1 aliphatic rings. The lowest BCUT2D eigenvalue weighted by atomic mass is 9.89. The molecule has 68 valence electrons. The Morgan fingerprint density at radius 1 is 1.46 bits per heavy atom. The molecular weight excluding hydrogens is 164 g/mol. The Morgan fingerprint density at radius 2 is 2.08 bits per heavy atom. The van der Waals surface area contributed by atoms with Crippen molar-refractivity contribution in [3.63, 3.8) is 0 Å². The van der Waals surface area contributed by atoms with Gasteiger partial charge < -0.3 is 9.53 Å². The molecule has 2 rings (SSSR count). The summed E-state index contributed by atoms with van der Waals surface area (Å²) in [6, 6.07) is 9.98.